The van der Waals surface area contributed by atoms with Gasteiger partial charge in [-0.3, -0.25) is 9.59 Å². The molecule has 7 heteroatoms. The van der Waals surface area contributed by atoms with E-state index >= 15 is 0 Å². The predicted octanol–water partition coefficient (Wildman–Crippen LogP) is 0.774. The number of rotatable bonds is 1. The van der Waals surface area contributed by atoms with E-state index in [2.05, 4.69) is 10.3 Å². The Morgan fingerprint density at radius 2 is 2.30 bits per heavy atom. The lowest BCUT2D eigenvalue weighted by molar-refractivity contribution is -0.125. The molecule has 2 unspecified atom stereocenters. The lowest BCUT2D eigenvalue weighted by atomic mass is 9.85. The van der Waals surface area contributed by atoms with Crippen LogP contribution in [0.5, 0.6) is 0 Å². The van der Waals surface area contributed by atoms with E-state index in [1.54, 1.807) is 0 Å². The van der Waals surface area contributed by atoms with Crippen LogP contribution in [0.25, 0.3) is 0 Å². The third-order valence-electron chi connectivity index (χ3n) is 4.12. The highest BCUT2D eigenvalue weighted by atomic mass is 32.1. The fraction of sp³-hybridized carbons (Fsp3) is 0.615. The van der Waals surface area contributed by atoms with Crippen LogP contribution in [0, 0.1) is 12.8 Å². The molecule has 3 rings (SSSR count). The van der Waals surface area contributed by atoms with Gasteiger partial charge in [-0.1, -0.05) is 11.3 Å². The van der Waals surface area contributed by atoms with Crippen LogP contribution in [-0.4, -0.2) is 40.8 Å². The molecule has 2 fully saturated rings. The third kappa shape index (κ3) is 2.37. The number of nitrogens with zero attached hydrogens (tertiary/aromatic N) is 2. The number of nitrogens with one attached hydrogen (secondary N) is 1. The molecule has 2 aliphatic heterocycles. The molecule has 3 heterocycles. The van der Waals surface area contributed by atoms with E-state index in [9.17, 15) is 9.59 Å². The number of aromatic nitrogens is 1. The summed E-state index contributed by atoms with van der Waals surface area (Å²) in [5.41, 5.74) is 6.36. The maximum absolute atomic E-state index is 12.5. The summed E-state index contributed by atoms with van der Waals surface area (Å²) in [5, 5.41) is 3.46. The van der Waals surface area contributed by atoms with Gasteiger partial charge in [-0.15, -0.1) is 0 Å². The molecule has 2 amide bonds. The number of thiazole rings is 1. The fourth-order valence-corrected chi connectivity index (χ4v) is 3.86. The second-order valence-electron chi connectivity index (χ2n) is 5.48. The number of hydrogen-bond acceptors (Lipinski definition) is 5. The molecule has 1 aromatic heterocycles. The average Bonchev–Trinajstić information content (AvgIpc) is 2.76. The van der Waals surface area contributed by atoms with Gasteiger partial charge in [-0.2, -0.15) is 0 Å². The van der Waals surface area contributed by atoms with E-state index in [0.29, 0.717) is 41.1 Å². The van der Waals surface area contributed by atoms with Crippen LogP contribution in [-0.2, 0) is 4.79 Å². The zero-order valence-corrected chi connectivity index (χ0v) is 12.2. The van der Waals surface area contributed by atoms with Gasteiger partial charge in [0.2, 0.25) is 5.91 Å². The molecule has 2 saturated heterocycles. The number of aryl methyl sites for hydroxylation is 1. The summed E-state index contributed by atoms with van der Waals surface area (Å²) in [6.07, 6.45) is 2.26. The smallest absolute Gasteiger partial charge is 0.265 e. The minimum Gasteiger partial charge on any atom is -0.375 e. The summed E-state index contributed by atoms with van der Waals surface area (Å²) >= 11 is 1.25. The van der Waals surface area contributed by atoms with Crippen molar-refractivity contribution in [2.24, 2.45) is 5.92 Å². The van der Waals surface area contributed by atoms with E-state index in [4.69, 9.17) is 5.73 Å². The molecule has 20 heavy (non-hydrogen) atoms. The lowest BCUT2D eigenvalue weighted by Gasteiger charge is -2.41. The highest BCUT2D eigenvalue weighted by Crippen LogP contribution is 2.28. The number of nitrogen functional groups attached to an aromatic ring is 1. The highest BCUT2D eigenvalue weighted by molar-refractivity contribution is 7.17. The monoisotopic (exact) mass is 294 g/mol. The Labute approximate surface area is 121 Å². The molecule has 6 nitrogen and oxygen atoms in total. The number of fused-ring (bicyclic) bond motifs is 1. The summed E-state index contributed by atoms with van der Waals surface area (Å²) in [6, 6.07) is 0.230. The Bertz CT molecular complexity index is 557. The molecule has 0 spiro atoms. The van der Waals surface area contributed by atoms with E-state index < -0.39 is 0 Å². The topological polar surface area (TPSA) is 88.3 Å². The van der Waals surface area contributed by atoms with Gasteiger partial charge < -0.3 is 16.0 Å². The van der Waals surface area contributed by atoms with Crippen molar-refractivity contribution in [1.29, 1.82) is 0 Å². The van der Waals surface area contributed by atoms with Crippen LogP contribution >= 0.6 is 11.3 Å². The molecule has 3 N–H and O–H groups in total. The molecular weight excluding hydrogens is 276 g/mol. The number of carbonyl (C=O) groups is 2. The summed E-state index contributed by atoms with van der Waals surface area (Å²) in [6.45, 7) is 3.20. The Morgan fingerprint density at radius 3 is 3.00 bits per heavy atom. The molecule has 0 saturated carbocycles. The Morgan fingerprint density at radius 1 is 1.50 bits per heavy atom. The first kappa shape index (κ1) is 13.4. The summed E-state index contributed by atoms with van der Waals surface area (Å²) < 4.78 is 0. The van der Waals surface area contributed by atoms with Crippen LogP contribution in [0.1, 0.15) is 34.6 Å². The second-order valence-corrected chi connectivity index (χ2v) is 6.51. The normalized spacial score (nSPS) is 26.1. The van der Waals surface area contributed by atoms with Crippen molar-refractivity contribution in [2.45, 2.75) is 32.2 Å². The quantitative estimate of drug-likeness (QED) is 0.801. The molecule has 0 radical (unpaired) electrons. The Balaban J connectivity index is 1.71. The standard InChI is InChI=1S/C13H18N4O2S/c1-7-11(20-13(14)15-7)12(19)17-5-4-9-8(6-17)2-3-10(18)16-9/h8-9H,2-6H2,1H3,(H2,14,15)(H,16,18). The van der Waals surface area contributed by atoms with Crippen molar-refractivity contribution in [3.8, 4) is 0 Å². The van der Waals surface area contributed by atoms with Gasteiger partial charge in [0.05, 0.1) is 5.69 Å². The molecular formula is C13H18N4O2S. The Hall–Kier alpha value is -1.63. The summed E-state index contributed by atoms with van der Waals surface area (Å²) in [7, 11) is 0. The van der Waals surface area contributed by atoms with Gasteiger partial charge in [-0.05, 0) is 25.7 Å². The molecule has 0 aromatic carbocycles. The van der Waals surface area contributed by atoms with Crippen LogP contribution in [0.4, 0.5) is 5.13 Å². The van der Waals surface area contributed by atoms with Crippen LogP contribution in [0.3, 0.4) is 0 Å². The van der Waals surface area contributed by atoms with E-state index in [-0.39, 0.29) is 17.9 Å². The SMILES string of the molecule is Cc1nc(N)sc1C(=O)N1CCC2NC(=O)CCC2C1. The van der Waals surface area contributed by atoms with E-state index in [0.717, 1.165) is 12.8 Å². The first-order valence-corrected chi connectivity index (χ1v) is 7.68. The van der Waals surface area contributed by atoms with Crippen LogP contribution in [0.15, 0.2) is 0 Å². The summed E-state index contributed by atoms with van der Waals surface area (Å²) in [4.78, 5) is 30.5. The second kappa shape index (κ2) is 5.05. The number of anilines is 1. The number of amides is 2. The molecule has 108 valence electrons. The van der Waals surface area contributed by atoms with Crippen molar-refractivity contribution >= 4 is 28.3 Å². The van der Waals surface area contributed by atoms with Gasteiger partial charge in [-0.25, -0.2) is 4.98 Å². The Kier molecular flexibility index (Phi) is 3.37. The number of piperidine rings is 2. The maximum atomic E-state index is 12.5. The van der Waals surface area contributed by atoms with Crippen molar-refractivity contribution in [2.75, 3.05) is 18.8 Å². The third-order valence-corrected chi connectivity index (χ3v) is 5.09. The van der Waals surface area contributed by atoms with Gasteiger partial charge >= 0.3 is 0 Å². The van der Waals surface area contributed by atoms with Crippen molar-refractivity contribution in [1.82, 2.24) is 15.2 Å². The van der Waals surface area contributed by atoms with E-state index in [1.165, 1.54) is 11.3 Å². The largest absolute Gasteiger partial charge is 0.375 e. The minimum atomic E-state index is 0.0204. The van der Waals surface area contributed by atoms with Crippen molar-refractivity contribution in [3.63, 3.8) is 0 Å². The van der Waals surface area contributed by atoms with Crippen molar-refractivity contribution < 1.29 is 9.59 Å². The molecule has 2 aliphatic rings. The first-order valence-electron chi connectivity index (χ1n) is 6.86. The highest BCUT2D eigenvalue weighted by Gasteiger charge is 2.36. The number of hydrogen-bond donors (Lipinski definition) is 2. The minimum absolute atomic E-state index is 0.0204. The average molecular weight is 294 g/mol. The predicted molar refractivity (Wildman–Crippen MR) is 76.4 cm³/mol. The van der Waals surface area contributed by atoms with Gasteiger partial charge in [0, 0.05) is 25.6 Å². The summed E-state index contributed by atoms with van der Waals surface area (Å²) in [5.74, 6) is 0.528. The molecule has 1 aromatic rings. The zero-order chi connectivity index (χ0) is 14.3. The lowest BCUT2D eigenvalue weighted by Crippen LogP contribution is -2.55. The molecule has 2 atom stereocenters. The van der Waals surface area contributed by atoms with Gasteiger partial charge in [0.1, 0.15) is 4.88 Å². The maximum Gasteiger partial charge on any atom is 0.265 e. The van der Waals surface area contributed by atoms with Crippen LogP contribution < -0.4 is 11.1 Å². The van der Waals surface area contributed by atoms with Crippen LogP contribution in [0.2, 0.25) is 0 Å². The number of nitrogens with two attached hydrogens (primary N) is 1. The number of carbonyl (C=O) groups excluding carboxylic acids is 2. The molecule has 0 bridgehead atoms. The fourth-order valence-electron chi connectivity index (χ4n) is 3.05. The van der Waals surface area contributed by atoms with Crippen molar-refractivity contribution in [3.05, 3.63) is 10.6 Å². The zero-order valence-electron chi connectivity index (χ0n) is 11.4. The number of likely N-dealkylation sites (tertiary alicyclic amines) is 1. The van der Waals surface area contributed by atoms with Gasteiger partial charge in [0.15, 0.2) is 5.13 Å². The van der Waals surface area contributed by atoms with E-state index in [1.807, 2.05) is 11.8 Å². The first-order chi connectivity index (χ1) is 9.54. The molecule has 0 aliphatic carbocycles. The van der Waals surface area contributed by atoms with Gasteiger partial charge in [0.25, 0.3) is 5.91 Å².